The van der Waals surface area contributed by atoms with Gasteiger partial charge in [0, 0.05) is 17.2 Å². The Morgan fingerprint density at radius 3 is 2.57 bits per heavy atom. The molecule has 2 rings (SSSR count). The van der Waals surface area contributed by atoms with Crippen molar-refractivity contribution in [3.63, 3.8) is 0 Å². The van der Waals surface area contributed by atoms with Crippen molar-refractivity contribution in [1.29, 1.82) is 0 Å². The van der Waals surface area contributed by atoms with Crippen LogP contribution in [0.3, 0.4) is 0 Å². The van der Waals surface area contributed by atoms with Crippen molar-refractivity contribution in [1.82, 2.24) is 10.2 Å². The molecule has 0 aliphatic rings. The van der Waals surface area contributed by atoms with Gasteiger partial charge in [0.15, 0.2) is 12.4 Å². The molecule has 23 heavy (non-hydrogen) atoms. The Morgan fingerprint density at radius 1 is 1.26 bits per heavy atom. The lowest BCUT2D eigenvalue weighted by atomic mass is 10.1. The van der Waals surface area contributed by atoms with E-state index in [0.29, 0.717) is 4.47 Å². The van der Waals surface area contributed by atoms with E-state index < -0.39 is 24.7 Å². The fourth-order valence-corrected chi connectivity index (χ4v) is 2.26. The van der Waals surface area contributed by atoms with Gasteiger partial charge < -0.3 is 4.74 Å². The Kier molecular flexibility index (Phi) is 5.04. The second kappa shape index (κ2) is 6.82. The maximum Gasteiger partial charge on any atom is 0.491 e. The lowest BCUT2D eigenvalue weighted by Gasteiger charge is -2.05. The number of hydrogen-bond acceptors (Lipinski definition) is 5. The molecule has 0 saturated heterocycles. The lowest BCUT2D eigenvalue weighted by Crippen LogP contribution is -2.40. The quantitative estimate of drug-likeness (QED) is 0.454. The van der Waals surface area contributed by atoms with Crippen LogP contribution in [0.2, 0.25) is 0 Å². The van der Waals surface area contributed by atoms with Crippen LogP contribution in [-0.4, -0.2) is 28.3 Å². The zero-order chi connectivity index (χ0) is 17.0. The van der Waals surface area contributed by atoms with E-state index in [4.69, 9.17) is 0 Å². The smallest absolute Gasteiger partial charge is 0.382 e. The fraction of sp³-hybridized carbons (Fsp3) is 0.154. The number of carbonyl (C=O) groups excluding carboxylic acids is 2. The van der Waals surface area contributed by atoms with Gasteiger partial charge in [0.1, 0.15) is 0 Å². The number of aromatic nitrogens is 3. The van der Waals surface area contributed by atoms with Gasteiger partial charge in [0.05, 0.1) is 16.9 Å². The number of pyridine rings is 1. The summed E-state index contributed by atoms with van der Waals surface area (Å²) in [6.45, 7) is -0.546. The first kappa shape index (κ1) is 17.0. The van der Waals surface area contributed by atoms with Crippen LogP contribution in [0.4, 0.5) is 13.2 Å². The van der Waals surface area contributed by atoms with Crippen LogP contribution in [-0.2, 0) is 20.9 Å². The van der Waals surface area contributed by atoms with Gasteiger partial charge in [-0.2, -0.15) is 27.9 Å². The topological polar surface area (TPSA) is 73.0 Å². The normalized spacial score (nSPS) is 11.1. The molecule has 0 spiro atoms. The zero-order valence-corrected chi connectivity index (χ0v) is 12.8. The van der Waals surface area contributed by atoms with Crippen molar-refractivity contribution in [3.8, 4) is 11.1 Å². The predicted molar refractivity (Wildman–Crippen MR) is 72.5 cm³/mol. The molecule has 120 valence electrons. The van der Waals surface area contributed by atoms with Gasteiger partial charge in [-0.3, -0.25) is 0 Å². The molecule has 0 aromatic carbocycles. The van der Waals surface area contributed by atoms with Crippen molar-refractivity contribution < 1.29 is 32.1 Å². The molecule has 0 N–H and O–H groups in total. The van der Waals surface area contributed by atoms with Gasteiger partial charge in [0.2, 0.25) is 6.54 Å². The van der Waals surface area contributed by atoms with Crippen LogP contribution in [0.25, 0.3) is 11.1 Å². The molecule has 0 saturated carbocycles. The van der Waals surface area contributed by atoms with E-state index >= 15 is 0 Å². The summed E-state index contributed by atoms with van der Waals surface area (Å²) in [7, 11) is 0. The Morgan fingerprint density at radius 2 is 2.00 bits per heavy atom. The van der Waals surface area contributed by atoms with E-state index in [2.05, 4.69) is 30.9 Å². The lowest BCUT2D eigenvalue weighted by molar-refractivity contribution is -0.686. The largest absolute Gasteiger partial charge is 0.491 e. The van der Waals surface area contributed by atoms with Crippen molar-refractivity contribution >= 4 is 27.9 Å². The molecule has 0 aliphatic heterocycles. The number of carbonyl (C=O) groups is 2. The molecule has 0 atom stereocenters. The van der Waals surface area contributed by atoms with Crippen molar-refractivity contribution in [2.24, 2.45) is 0 Å². The third-order valence-electron chi connectivity index (χ3n) is 2.61. The molecule has 0 radical (unpaired) electrons. The van der Waals surface area contributed by atoms with Crippen LogP contribution in [0, 0.1) is 0 Å². The van der Waals surface area contributed by atoms with Crippen molar-refractivity contribution in [2.45, 2.75) is 12.7 Å². The minimum Gasteiger partial charge on any atom is -0.382 e. The van der Waals surface area contributed by atoms with Gasteiger partial charge >= 0.3 is 18.1 Å². The monoisotopic (exact) mass is 390 g/mol. The number of ether oxygens (including phenoxy) is 1. The van der Waals surface area contributed by atoms with Gasteiger partial charge in [-0.1, -0.05) is 0 Å². The maximum absolute atomic E-state index is 12.0. The first-order valence-corrected chi connectivity index (χ1v) is 6.84. The van der Waals surface area contributed by atoms with Gasteiger partial charge in [-0.05, 0) is 22.0 Å². The van der Waals surface area contributed by atoms with E-state index in [1.807, 2.05) is 0 Å². The number of esters is 2. The van der Waals surface area contributed by atoms with E-state index in [-0.39, 0.29) is 0 Å². The average molecular weight is 391 g/mol. The van der Waals surface area contributed by atoms with Gasteiger partial charge in [-0.25, -0.2) is 9.59 Å². The summed E-state index contributed by atoms with van der Waals surface area (Å²) in [5.41, 5.74) is 1.50. The summed E-state index contributed by atoms with van der Waals surface area (Å²) in [6.07, 6.45) is 0.748. The van der Waals surface area contributed by atoms with Crippen molar-refractivity contribution in [2.75, 3.05) is 0 Å². The van der Waals surface area contributed by atoms with Gasteiger partial charge in [-0.15, -0.1) is 0 Å². The van der Waals surface area contributed by atoms with E-state index in [9.17, 15) is 22.8 Å². The van der Waals surface area contributed by atoms with Crippen LogP contribution in [0.15, 0.2) is 41.4 Å². The van der Waals surface area contributed by atoms with Crippen LogP contribution in [0.5, 0.6) is 0 Å². The molecule has 0 fully saturated rings. The minimum atomic E-state index is -5.21. The summed E-state index contributed by atoms with van der Waals surface area (Å²) in [5, 5.41) is 7.38. The average Bonchev–Trinajstić information content (AvgIpc) is 2.47. The Balaban J connectivity index is 2.09. The first-order chi connectivity index (χ1) is 10.8. The summed E-state index contributed by atoms with van der Waals surface area (Å²) >= 11 is 3.29. The molecular weight excluding hydrogens is 383 g/mol. The van der Waals surface area contributed by atoms with Crippen LogP contribution < -0.4 is 4.57 Å². The zero-order valence-electron chi connectivity index (χ0n) is 11.2. The maximum atomic E-state index is 12.0. The molecular formula is C13H8BrF3N3O3+. The minimum absolute atomic E-state index is 0.546. The highest BCUT2D eigenvalue weighted by Crippen LogP contribution is 2.25. The Labute approximate surface area is 136 Å². The molecule has 0 unspecified atom stereocenters. The van der Waals surface area contributed by atoms with E-state index in [0.717, 1.165) is 11.1 Å². The number of hydrogen-bond donors (Lipinski definition) is 0. The standard InChI is InChI=1S/C13H8BrF3N3O3/c14-10-6-20(7-11(21)23-12(22)13(15,16)17)4-2-9(10)8-1-3-18-19-5-8/h1-6H,7H2/q+1. The highest BCUT2D eigenvalue weighted by atomic mass is 79.9. The van der Waals surface area contributed by atoms with Crippen LogP contribution in [0.1, 0.15) is 0 Å². The third kappa shape index (κ3) is 4.55. The Bertz CT molecular complexity index is 738. The van der Waals surface area contributed by atoms with E-state index in [1.165, 1.54) is 29.4 Å². The summed E-state index contributed by atoms with van der Waals surface area (Å²) in [6, 6.07) is 3.34. The van der Waals surface area contributed by atoms with Gasteiger partial charge in [0.25, 0.3) is 0 Å². The number of alkyl halides is 3. The Hall–Kier alpha value is -2.36. The SMILES string of the molecule is O=C(C[n+]1ccc(-c2ccnnc2)c(Br)c1)OC(=O)C(F)(F)F. The number of nitrogens with zero attached hydrogens (tertiary/aromatic N) is 3. The highest BCUT2D eigenvalue weighted by molar-refractivity contribution is 9.10. The summed E-state index contributed by atoms with van der Waals surface area (Å²) in [4.78, 5) is 21.9. The molecule has 0 aliphatic carbocycles. The molecule has 0 bridgehead atoms. The fourth-order valence-electron chi connectivity index (χ4n) is 1.63. The second-order valence-corrected chi connectivity index (χ2v) is 5.12. The molecule has 2 aromatic rings. The summed E-state index contributed by atoms with van der Waals surface area (Å²) in [5.74, 6) is -3.86. The predicted octanol–water partition coefficient (Wildman–Crippen LogP) is 1.83. The van der Waals surface area contributed by atoms with Crippen LogP contribution >= 0.6 is 15.9 Å². The molecule has 2 heterocycles. The molecule has 2 aromatic heterocycles. The van der Waals surface area contributed by atoms with E-state index in [1.54, 1.807) is 12.1 Å². The van der Waals surface area contributed by atoms with Crippen molar-refractivity contribution in [3.05, 3.63) is 41.4 Å². The highest BCUT2D eigenvalue weighted by Gasteiger charge is 2.42. The molecule has 6 nitrogen and oxygen atoms in total. The second-order valence-electron chi connectivity index (χ2n) is 4.27. The molecule has 0 amide bonds. The number of rotatable bonds is 3. The number of halogens is 4. The first-order valence-electron chi connectivity index (χ1n) is 6.05. The molecule has 10 heteroatoms. The third-order valence-corrected chi connectivity index (χ3v) is 3.25. The summed E-state index contributed by atoms with van der Waals surface area (Å²) < 4.78 is 41.6.